The Bertz CT molecular complexity index is 1360. The molecule has 0 atom stereocenters. The molecule has 176 valence electrons. The van der Waals surface area contributed by atoms with Crippen molar-refractivity contribution in [2.45, 2.75) is 0 Å². The molecule has 1 N–H and O–H groups in total. The Kier molecular flexibility index (Phi) is 7.98. The summed E-state index contributed by atoms with van der Waals surface area (Å²) in [6.45, 7) is -0.315. The molecule has 4 rings (SSSR count). The Morgan fingerprint density at radius 1 is 0.886 bits per heavy atom. The maximum absolute atomic E-state index is 13.6. The largest absolute Gasteiger partial charge is 0.482 e. The Balaban J connectivity index is 1.32. The van der Waals surface area contributed by atoms with Crippen molar-refractivity contribution in [3.63, 3.8) is 0 Å². The van der Waals surface area contributed by atoms with E-state index in [4.69, 9.17) is 32.7 Å². The van der Waals surface area contributed by atoms with E-state index in [1.807, 2.05) is 24.3 Å². The van der Waals surface area contributed by atoms with E-state index in [1.165, 1.54) is 18.2 Å². The second-order valence-corrected chi connectivity index (χ2v) is 8.11. The summed E-state index contributed by atoms with van der Waals surface area (Å²) in [4.78, 5) is 16.5. The average molecular weight is 509 g/mol. The number of nitrogens with one attached hydrogen (secondary N) is 1. The minimum Gasteiger partial charge on any atom is -0.482 e. The van der Waals surface area contributed by atoms with Crippen LogP contribution in [0.25, 0.3) is 0 Å². The molecule has 8 heteroatoms. The van der Waals surface area contributed by atoms with Gasteiger partial charge in [-0.1, -0.05) is 47.5 Å². The number of hydrogen-bond donors (Lipinski definition) is 1. The SMILES string of the molecule is O=C(COc1ccc(C=Nc2ccc(Oc3ccccc3Cl)cc2)cc1Cl)Nc1ccccc1F. The van der Waals surface area contributed by atoms with E-state index < -0.39 is 11.7 Å². The standard InChI is InChI=1S/C27H19Cl2FN2O3/c28-21-5-1-4-8-26(21)35-20-12-10-19(11-13-20)31-16-18-9-14-25(22(29)15-18)34-17-27(33)32-24-7-3-2-6-23(24)30/h1-16H,17H2,(H,32,33). The van der Waals surface area contributed by atoms with E-state index in [0.29, 0.717) is 27.3 Å². The molecule has 0 fully saturated rings. The number of rotatable bonds is 8. The summed E-state index contributed by atoms with van der Waals surface area (Å²) in [5.74, 6) is 0.519. The van der Waals surface area contributed by atoms with Gasteiger partial charge in [0.15, 0.2) is 6.61 Å². The summed E-state index contributed by atoms with van der Waals surface area (Å²) in [6.07, 6.45) is 1.66. The number of benzene rings is 4. The molecule has 0 aliphatic heterocycles. The lowest BCUT2D eigenvalue weighted by Crippen LogP contribution is -2.20. The van der Waals surface area contributed by atoms with Crippen molar-refractivity contribution >= 4 is 46.7 Å². The van der Waals surface area contributed by atoms with Gasteiger partial charge in [-0.2, -0.15) is 0 Å². The molecule has 0 aromatic heterocycles. The van der Waals surface area contributed by atoms with Crippen LogP contribution in [0.15, 0.2) is 96.0 Å². The zero-order chi connectivity index (χ0) is 24.6. The molecule has 1 amide bonds. The second kappa shape index (κ2) is 11.5. The number of amides is 1. The van der Waals surface area contributed by atoms with Crippen LogP contribution in [0, 0.1) is 5.82 Å². The molecule has 0 unspecified atom stereocenters. The monoisotopic (exact) mass is 508 g/mol. The molecule has 0 aliphatic carbocycles. The summed E-state index contributed by atoms with van der Waals surface area (Å²) >= 11 is 12.4. The maximum atomic E-state index is 13.6. The molecule has 0 saturated heterocycles. The first kappa shape index (κ1) is 24.3. The van der Waals surface area contributed by atoms with Gasteiger partial charge in [-0.3, -0.25) is 9.79 Å². The van der Waals surface area contributed by atoms with E-state index >= 15 is 0 Å². The van der Waals surface area contributed by atoms with Crippen LogP contribution < -0.4 is 14.8 Å². The molecule has 4 aromatic rings. The molecular weight excluding hydrogens is 490 g/mol. The van der Waals surface area contributed by atoms with E-state index in [2.05, 4.69) is 10.3 Å². The fourth-order valence-electron chi connectivity index (χ4n) is 3.01. The van der Waals surface area contributed by atoms with E-state index in [9.17, 15) is 9.18 Å². The molecule has 0 heterocycles. The Morgan fingerprint density at radius 3 is 2.37 bits per heavy atom. The van der Waals surface area contributed by atoms with Gasteiger partial charge < -0.3 is 14.8 Å². The van der Waals surface area contributed by atoms with Gasteiger partial charge in [-0.25, -0.2) is 4.39 Å². The predicted molar refractivity (Wildman–Crippen MR) is 137 cm³/mol. The highest BCUT2D eigenvalue weighted by molar-refractivity contribution is 6.32. The number of ether oxygens (including phenoxy) is 2. The van der Waals surface area contributed by atoms with Crippen LogP contribution in [-0.2, 0) is 4.79 Å². The van der Waals surface area contributed by atoms with Gasteiger partial charge >= 0.3 is 0 Å². The smallest absolute Gasteiger partial charge is 0.262 e. The van der Waals surface area contributed by atoms with Crippen LogP contribution >= 0.6 is 23.2 Å². The van der Waals surface area contributed by atoms with Crippen molar-refractivity contribution in [2.24, 2.45) is 4.99 Å². The molecule has 4 aromatic carbocycles. The number of nitrogens with zero attached hydrogens (tertiary/aromatic N) is 1. The summed E-state index contributed by atoms with van der Waals surface area (Å²) in [6, 6.07) is 25.4. The fourth-order valence-corrected chi connectivity index (χ4v) is 3.43. The first-order chi connectivity index (χ1) is 17.0. The van der Waals surface area contributed by atoms with Crippen molar-refractivity contribution in [3.05, 3.63) is 112 Å². The minimum atomic E-state index is -0.523. The second-order valence-electron chi connectivity index (χ2n) is 7.29. The fraction of sp³-hybridized carbons (Fsp3) is 0.0370. The molecular formula is C27H19Cl2FN2O3. The molecule has 0 bridgehead atoms. The molecule has 5 nitrogen and oxygen atoms in total. The number of carbonyl (C=O) groups excluding carboxylic acids is 1. The number of aliphatic imine (C=N–C) groups is 1. The topological polar surface area (TPSA) is 59.9 Å². The highest BCUT2D eigenvalue weighted by Crippen LogP contribution is 2.30. The van der Waals surface area contributed by atoms with E-state index in [0.717, 1.165) is 11.3 Å². The number of halogens is 3. The van der Waals surface area contributed by atoms with Crippen LogP contribution in [0.3, 0.4) is 0 Å². The van der Waals surface area contributed by atoms with Gasteiger partial charge in [0.05, 0.1) is 21.4 Å². The lowest BCUT2D eigenvalue weighted by atomic mass is 10.2. The van der Waals surface area contributed by atoms with E-state index in [1.54, 1.807) is 54.7 Å². The molecule has 0 saturated carbocycles. The first-order valence-corrected chi connectivity index (χ1v) is 11.3. The number of para-hydroxylation sites is 2. The van der Waals surface area contributed by atoms with Gasteiger partial charge in [0.2, 0.25) is 0 Å². The summed E-state index contributed by atoms with van der Waals surface area (Å²) in [7, 11) is 0. The normalized spacial score (nSPS) is 10.8. The van der Waals surface area contributed by atoms with Crippen LogP contribution in [0.5, 0.6) is 17.2 Å². The number of hydrogen-bond acceptors (Lipinski definition) is 4. The third-order valence-corrected chi connectivity index (χ3v) is 5.33. The van der Waals surface area contributed by atoms with Crippen LogP contribution in [0.2, 0.25) is 10.0 Å². The van der Waals surface area contributed by atoms with Crippen LogP contribution in [-0.4, -0.2) is 18.7 Å². The highest BCUT2D eigenvalue weighted by Gasteiger charge is 2.09. The minimum absolute atomic E-state index is 0.0854. The van der Waals surface area contributed by atoms with Crippen molar-refractivity contribution in [3.8, 4) is 17.2 Å². The third kappa shape index (κ3) is 6.82. The predicted octanol–water partition coefficient (Wildman–Crippen LogP) is 7.69. The van der Waals surface area contributed by atoms with Crippen molar-refractivity contribution in [2.75, 3.05) is 11.9 Å². The van der Waals surface area contributed by atoms with Gasteiger partial charge in [0, 0.05) is 6.21 Å². The molecule has 0 spiro atoms. The van der Waals surface area contributed by atoms with Crippen LogP contribution in [0.4, 0.5) is 15.8 Å². The summed E-state index contributed by atoms with van der Waals surface area (Å²) < 4.78 is 24.9. The highest BCUT2D eigenvalue weighted by atomic mass is 35.5. The lowest BCUT2D eigenvalue weighted by molar-refractivity contribution is -0.118. The number of carbonyl (C=O) groups is 1. The summed E-state index contributed by atoms with van der Waals surface area (Å²) in [5.41, 5.74) is 1.55. The number of anilines is 1. The van der Waals surface area contributed by atoms with Gasteiger partial charge in [0.25, 0.3) is 5.91 Å². The van der Waals surface area contributed by atoms with Crippen molar-refractivity contribution in [1.82, 2.24) is 0 Å². The first-order valence-electron chi connectivity index (χ1n) is 10.5. The van der Waals surface area contributed by atoms with Gasteiger partial charge in [-0.05, 0) is 72.3 Å². The molecule has 0 radical (unpaired) electrons. The van der Waals surface area contributed by atoms with Crippen molar-refractivity contribution < 1.29 is 18.7 Å². The Morgan fingerprint density at radius 2 is 1.63 bits per heavy atom. The molecule has 0 aliphatic rings. The van der Waals surface area contributed by atoms with Crippen molar-refractivity contribution in [1.29, 1.82) is 0 Å². The zero-order valence-electron chi connectivity index (χ0n) is 18.3. The maximum Gasteiger partial charge on any atom is 0.262 e. The molecule has 35 heavy (non-hydrogen) atoms. The third-order valence-electron chi connectivity index (χ3n) is 4.73. The Hall–Kier alpha value is -3.87. The average Bonchev–Trinajstić information content (AvgIpc) is 2.86. The van der Waals surface area contributed by atoms with Crippen LogP contribution in [0.1, 0.15) is 5.56 Å². The van der Waals surface area contributed by atoms with E-state index in [-0.39, 0.29) is 12.3 Å². The lowest BCUT2D eigenvalue weighted by Gasteiger charge is -2.09. The quantitative estimate of drug-likeness (QED) is 0.248. The zero-order valence-corrected chi connectivity index (χ0v) is 19.8. The van der Waals surface area contributed by atoms with Gasteiger partial charge in [-0.15, -0.1) is 0 Å². The van der Waals surface area contributed by atoms with Gasteiger partial charge in [0.1, 0.15) is 23.1 Å². The summed E-state index contributed by atoms with van der Waals surface area (Å²) in [5, 5.41) is 3.30. The Labute approximate surface area is 211 Å².